The molecule has 5 nitrogen and oxygen atoms in total. The molecule has 0 aromatic carbocycles. The maximum Gasteiger partial charge on any atom is 0.159 e. The minimum Gasteiger partial charge on any atom is -0.306 e. The molecule has 1 N–H and O–H groups in total. The van der Waals surface area contributed by atoms with Gasteiger partial charge in [-0.25, -0.2) is 9.67 Å². The Morgan fingerprint density at radius 1 is 1.50 bits per heavy atom. The van der Waals surface area contributed by atoms with Gasteiger partial charge in [-0.3, -0.25) is 4.79 Å². The lowest BCUT2D eigenvalue weighted by molar-refractivity contribution is -0.123. The predicted octanol–water partition coefficient (Wildman–Crippen LogP) is 0.798. The Balaban J connectivity index is 2.71. The third-order valence-corrected chi connectivity index (χ3v) is 2.63. The van der Waals surface area contributed by atoms with E-state index in [-0.39, 0.29) is 5.78 Å². The van der Waals surface area contributed by atoms with Crippen LogP contribution in [0.5, 0.6) is 0 Å². The van der Waals surface area contributed by atoms with Gasteiger partial charge in [-0.2, -0.15) is 5.10 Å². The van der Waals surface area contributed by atoms with Crippen LogP contribution >= 0.6 is 0 Å². The number of aromatic nitrogens is 3. The Kier molecular flexibility index (Phi) is 4.18. The minimum absolute atomic E-state index is 0.136. The molecule has 0 aliphatic rings. The maximum absolute atomic E-state index is 12.0. The minimum atomic E-state index is -0.501. The van der Waals surface area contributed by atoms with Gasteiger partial charge >= 0.3 is 0 Å². The van der Waals surface area contributed by atoms with E-state index in [0.717, 1.165) is 18.9 Å². The highest BCUT2D eigenvalue weighted by Crippen LogP contribution is 2.08. The summed E-state index contributed by atoms with van der Waals surface area (Å²) in [6.07, 6.45) is 1.82. The Bertz CT molecular complexity index is 357. The molecule has 0 aliphatic heterocycles. The molecule has 1 aromatic rings. The Morgan fingerprint density at radius 2 is 2.19 bits per heavy atom. The highest BCUT2D eigenvalue weighted by atomic mass is 16.1. The Labute approximate surface area is 96.3 Å². The molecule has 16 heavy (non-hydrogen) atoms. The molecule has 0 atom stereocenters. The van der Waals surface area contributed by atoms with Crippen LogP contribution in [0.25, 0.3) is 0 Å². The van der Waals surface area contributed by atoms with E-state index >= 15 is 0 Å². The molecule has 0 saturated carbocycles. The molecule has 0 saturated heterocycles. The largest absolute Gasteiger partial charge is 0.306 e. The van der Waals surface area contributed by atoms with Gasteiger partial charge < -0.3 is 5.32 Å². The van der Waals surface area contributed by atoms with E-state index in [2.05, 4.69) is 15.4 Å². The summed E-state index contributed by atoms with van der Waals surface area (Å²) in [7, 11) is 0. The smallest absolute Gasteiger partial charge is 0.159 e. The molecule has 1 rings (SSSR count). The average molecular weight is 224 g/mol. The van der Waals surface area contributed by atoms with Crippen molar-refractivity contribution >= 4 is 5.78 Å². The lowest BCUT2D eigenvalue weighted by Gasteiger charge is -2.23. The van der Waals surface area contributed by atoms with Gasteiger partial charge in [0, 0.05) is 6.54 Å². The summed E-state index contributed by atoms with van der Waals surface area (Å²) in [5.41, 5.74) is -0.501. The first-order valence-corrected chi connectivity index (χ1v) is 5.66. The average Bonchev–Trinajstić information content (AvgIpc) is 2.65. The van der Waals surface area contributed by atoms with Gasteiger partial charge in [0.2, 0.25) is 0 Å². The van der Waals surface area contributed by atoms with Crippen molar-refractivity contribution < 1.29 is 4.79 Å². The number of nitrogens with one attached hydrogen (secondary N) is 1. The van der Waals surface area contributed by atoms with Crippen LogP contribution in [0.4, 0.5) is 0 Å². The number of carbonyl (C=O) groups is 1. The predicted molar refractivity (Wildman–Crippen MR) is 62.2 cm³/mol. The van der Waals surface area contributed by atoms with Gasteiger partial charge in [-0.15, -0.1) is 0 Å². The van der Waals surface area contributed by atoms with E-state index in [1.165, 1.54) is 6.33 Å². The van der Waals surface area contributed by atoms with E-state index in [9.17, 15) is 4.79 Å². The van der Waals surface area contributed by atoms with Crippen molar-refractivity contribution in [1.29, 1.82) is 0 Å². The van der Waals surface area contributed by atoms with Crippen molar-refractivity contribution in [1.82, 2.24) is 20.1 Å². The summed E-state index contributed by atoms with van der Waals surface area (Å²) in [4.78, 5) is 16.2. The monoisotopic (exact) mass is 224 g/mol. The topological polar surface area (TPSA) is 59.8 Å². The van der Waals surface area contributed by atoms with Crippen LogP contribution in [-0.2, 0) is 17.8 Å². The van der Waals surface area contributed by atoms with Gasteiger partial charge in [-0.05, 0) is 27.3 Å². The standard InChI is InChI=1S/C11H20N4O/c1-5-13-11(3,4)9(16)7-10-12-8-14-15(10)6-2/h8,13H,5-7H2,1-4H3. The van der Waals surface area contributed by atoms with Crippen molar-refractivity contribution in [3.8, 4) is 0 Å². The first kappa shape index (κ1) is 12.8. The number of hydrogen-bond donors (Lipinski definition) is 1. The molecule has 1 aromatic heterocycles. The second-order valence-corrected chi connectivity index (χ2v) is 4.25. The quantitative estimate of drug-likeness (QED) is 0.776. The molecule has 90 valence electrons. The SMILES string of the molecule is CCNC(C)(C)C(=O)Cc1ncnn1CC. The highest BCUT2D eigenvalue weighted by molar-refractivity contribution is 5.88. The zero-order valence-electron chi connectivity index (χ0n) is 10.4. The Morgan fingerprint density at radius 3 is 2.75 bits per heavy atom. The first-order valence-electron chi connectivity index (χ1n) is 5.66. The lowest BCUT2D eigenvalue weighted by atomic mass is 9.96. The van der Waals surface area contributed by atoms with Crippen LogP contribution in [0.3, 0.4) is 0 Å². The fraction of sp³-hybridized carbons (Fsp3) is 0.727. The number of likely N-dealkylation sites (N-methyl/N-ethyl adjacent to an activating group) is 1. The number of rotatable bonds is 6. The summed E-state index contributed by atoms with van der Waals surface area (Å²) < 4.78 is 1.75. The number of nitrogens with zero attached hydrogens (tertiary/aromatic N) is 3. The number of hydrogen-bond acceptors (Lipinski definition) is 4. The molecule has 0 amide bonds. The van der Waals surface area contributed by atoms with Gasteiger partial charge in [0.25, 0.3) is 0 Å². The number of ketones is 1. The van der Waals surface area contributed by atoms with Crippen molar-refractivity contribution in [2.75, 3.05) is 6.54 Å². The van der Waals surface area contributed by atoms with Gasteiger partial charge in [0.05, 0.1) is 12.0 Å². The summed E-state index contributed by atoms with van der Waals surface area (Å²) >= 11 is 0. The third kappa shape index (κ3) is 2.88. The molecule has 0 fully saturated rings. The van der Waals surface area contributed by atoms with Gasteiger partial charge in [-0.1, -0.05) is 6.92 Å². The zero-order valence-corrected chi connectivity index (χ0v) is 10.4. The normalized spacial score (nSPS) is 11.8. The number of aryl methyl sites for hydroxylation is 1. The maximum atomic E-state index is 12.0. The second kappa shape index (κ2) is 5.21. The van der Waals surface area contributed by atoms with Gasteiger partial charge in [0.15, 0.2) is 5.78 Å². The highest BCUT2D eigenvalue weighted by Gasteiger charge is 2.27. The van der Waals surface area contributed by atoms with Crippen LogP contribution in [-0.4, -0.2) is 32.6 Å². The zero-order chi connectivity index (χ0) is 12.2. The van der Waals surface area contributed by atoms with E-state index in [4.69, 9.17) is 0 Å². The number of carbonyl (C=O) groups excluding carboxylic acids is 1. The second-order valence-electron chi connectivity index (χ2n) is 4.25. The molecular weight excluding hydrogens is 204 g/mol. The summed E-state index contributed by atoms with van der Waals surface area (Å²) in [5.74, 6) is 0.871. The van der Waals surface area contributed by atoms with Crippen LogP contribution in [0.2, 0.25) is 0 Å². The fourth-order valence-corrected chi connectivity index (χ4v) is 1.59. The molecule has 1 heterocycles. The summed E-state index contributed by atoms with van der Waals surface area (Å²) in [6, 6.07) is 0. The van der Waals surface area contributed by atoms with Crippen LogP contribution < -0.4 is 5.32 Å². The third-order valence-electron chi connectivity index (χ3n) is 2.63. The molecule has 0 unspecified atom stereocenters. The van der Waals surface area contributed by atoms with Crippen molar-refractivity contribution in [3.05, 3.63) is 12.2 Å². The summed E-state index contributed by atoms with van der Waals surface area (Å²) in [6.45, 7) is 9.28. The van der Waals surface area contributed by atoms with Gasteiger partial charge in [0.1, 0.15) is 12.2 Å². The Hall–Kier alpha value is -1.23. The molecule has 0 bridgehead atoms. The molecule has 0 spiro atoms. The van der Waals surface area contributed by atoms with E-state index in [1.54, 1.807) is 4.68 Å². The van der Waals surface area contributed by atoms with E-state index in [0.29, 0.717) is 6.42 Å². The van der Waals surface area contributed by atoms with Crippen LogP contribution in [0.15, 0.2) is 6.33 Å². The first-order chi connectivity index (χ1) is 7.51. The van der Waals surface area contributed by atoms with Crippen LogP contribution in [0.1, 0.15) is 33.5 Å². The van der Waals surface area contributed by atoms with Crippen molar-refractivity contribution in [2.24, 2.45) is 0 Å². The van der Waals surface area contributed by atoms with Crippen LogP contribution in [0, 0.1) is 0 Å². The lowest BCUT2D eigenvalue weighted by Crippen LogP contribution is -2.47. The molecule has 5 heteroatoms. The summed E-state index contributed by atoms with van der Waals surface area (Å²) in [5, 5.41) is 7.21. The molecule has 0 aliphatic carbocycles. The number of Topliss-reactive ketones (excluding diaryl/α,β-unsaturated/α-hetero) is 1. The van der Waals surface area contributed by atoms with Crippen molar-refractivity contribution in [3.63, 3.8) is 0 Å². The van der Waals surface area contributed by atoms with E-state index < -0.39 is 5.54 Å². The van der Waals surface area contributed by atoms with Crippen molar-refractivity contribution in [2.45, 2.75) is 46.2 Å². The molecular formula is C11H20N4O. The fourth-order valence-electron chi connectivity index (χ4n) is 1.59. The molecule has 0 radical (unpaired) electrons. The van der Waals surface area contributed by atoms with E-state index in [1.807, 2.05) is 27.7 Å².